The summed E-state index contributed by atoms with van der Waals surface area (Å²) in [6.45, 7) is 3.87. The van der Waals surface area contributed by atoms with E-state index in [0.717, 1.165) is 57.8 Å². The van der Waals surface area contributed by atoms with Crippen molar-refractivity contribution in [3.8, 4) is 0 Å². The summed E-state index contributed by atoms with van der Waals surface area (Å²) in [6.07, 6.45) is 7.48. The highest BCUT2D eigenvalue weighted by Gasteiger charge is 2.28. The first-order valence-corrected chi connectivity index (χ1v) is 8.51. The lowest BCUT2D eigenvalue weighted by Crippen LogP contribution is -2.49. The summed E-state index contributed by atoms with van der Waals surface area (Å²) in [6, 6.07) is 0.575. The highest BCUT2D eigenvalue weighted by atomic mass is 16.2. The zero-order valence-corrected chi connectivity index (χ0v) is 12.9. The third kappa shape index (κ3) is 4.19. The van der Waals surface area contributed by atoms with Crippen molar-refractivity contribution in [3.63, 3.8) is 0 Å². The molecule has 21 heavy (non-hydrogen) atoms. The summed E-state index contributed by atoms with van der Waals surface area (Å²) in [5.74, 6) is 1.19. The molecule has 1 aliphatic carbocycles. The zero-order chi connectivity index (χ0) is 14.7. The lowest BCUT2D eigenvalue weighted by atomic mass is 10.0. The number of piperidine rings is 2. The van der Waals surface area contributed by atoms with E-state index in [2.05, 4.69) is 5.32 Å². The largest absolute Gasteiger partial charge is 0.341 e. The number of hydrogen-bond acceptors (Lipinski definition) is 3. The van der Waals surface area contributed by atoms with Gasteiger partial charge in [-0.2, -0.15) is 0 Å². The number of nitrogens with zero attached hydrogens (tertiary/aromatic N) is 2. The maximum absolute atomic E-state index is 12.3. The Morgan fingerprint density at radius 1 is 1.10 bits per heavy atom. The van der Waals surface area contributed by atoms with E-state index in [1.54, 1.807) is 4.90 Å². The Morgan fingerprint density at radius 3 is 2.52 bits per heavy atom. The smallest absolute Gasteiger partial charge is 0.242 e. The first-order valence-electron chi connectivity index (χ1n) is 8.51. The summed E-state index contributed by atoms with van der Waals surface area (Å²) in [7, 11) is 0. The normalized spacial score (nSPS) is 24.5. The van der Waals surface area contributed by atoms with Crippen molar-refractivity contribution < 1.29 is 9.59 Å². The van der Waals surface area contributed by atoms with Gasteiger partial charge >= 0.3 is 0 Å². The van der Waals surface area contributed by atoms with Crippen LogP contribution in [0.2, 0.25) is 0 Å². The summed E-state index contributed by atoms with van der Waals surface area (Å²) in [5.41, 5.74) is 0. The molecule has 2 saturated heterocycles. The molecule has 2 aliphatic heterocycles. The molecule has 3 rings (SSSR count). The molecule has 5 nitrogen and oxygen atoms in total. The molecule has 0 radical (unpaired) electrons. The van der Waals surface area contributed by atoms with Gasteiger partial charge in [0.25, 0.3) is 0 Å². The van der Waals surface area contributed by atoms with Gasteiger partial charge in [-0.25, -0.2) is 0 Å². The first-order chi connectivity index (χ1) is 10.2. The van der Waals surface area contributed by atoms with Crippen LogP contribution in [0.1, 0.15) is 44.9 Å². The van der Waals surface area contributed by atoms with E-state index in [1.165, 1.54) is 12.8 Å². The second-order valence-corrected chi connectivity index (χ2v) is 6.78. The van der Waals surface area contributed by atoms with Gasteiger partial charge in [0.15, 0.2) is 0 Å². The molecule has 1 saturated carbocycles. The molecule has 1 N–H and O–H groups in total. The summed E-state index contributed by atoms with van der Waals surface area (Å²) in [5, 5.41) is 3.63. The molecular weight excluding hydrogens is 266 g/mol. The van der Waals surface area contributed by atoms with Gasteiger partial charge in [-0.1, -0.05) is 0 Å². The van der Waals surface area contributed by atoms with Gasteiger partial charge in [0.2, 0.25) is 11.8 Å². The van der Waals surface area contributed by atoms with E-state index in [-0.39, 0.29) is 11.8 Å². The van der Waals surface area contributed by atoms with Crippen LogP contribution in [0.4, 0.5) is 0 Å². The van der Waals surface area contributed by atoms with E-state index in [4.69, 9.17) is 0 Å². The molecule has 0 bridgehead atoms. The molecule has 0 aromatic carbocycles. The lowest BCUT2D eigenvalue weighted by molar-refractivity contribution is -0.142. The monoisotopic (exact) mass is 293 g/mol. The Kier molecular flexibility index (Phi) is 4.78. The Labute approximate surface area is 127 Å². The van der Waals surface area contributed by atoms with Crippen molar-refractivity contribution in [1.82, 2.24) is 15.1 Å². The van der Waals surface area contributed by atoms with Crippen LogP contribution < -0.4 is 5.32 Å². The standard InChI is InChI=1S/C16H27N3O2/c20-15-3-1-2-8-19(15)12-16(21)18-9-6-14(7-10-18)17-11-13-4-5-13/h13-14,17H,1-12H2. The minimum atomic E-state index is 0.130. The average molecular weight is 293 g/mol. The van der Waals surface area contributed by atoms with Gasteiger partial charge in [-0.15, -0.1) is 0 Å². The Hall–Kier alpha value is -1.10. The predicted molar refractivity (Wildman–Crippen MR) is 80.8 cm³/mol. The van der Waals surface area contributed by atoms with E-state index in [1.807, 2.05) is 4.90 Å². The number of carbonyl (C=O) groups excluding carboxylic acids is 2. The molecule has 5 heteroatoms. The maximum Gasteiger partial charge on any atom is 0.242 e. The molecule has 0 unspecified atom stereocenters. The highest BCUT2D eigenvalue weighted by Crippen LogP contribution is 2.28. The molecule has 2 amide bonds. The van der Waals surface area contributed by atoms with Crippen LogP contribution in [0, 0.1) is 5.92 Å². The predicted octanol–water partition coefficient (Wildman–Crippen LogP) is 0.990. The third-order valence-electron chi connectivity index (χ3n) is 4.99. The number of likely N-dealkylation sites (tertiary alicyclic amines) is 2. The Morgan fingerprint density at radius 2 is 1.86 bits per heavy atom. The van der Waals surface area contributed by atoms with E-state index in [9.17, 15) is 9.59 Å². The second-order valence-electron chi connectivity index (χ2n) is 6.78. The molecule has 3 aliphatic rings. The van der Waals surface area contributed by atoms with Crippen LogP contribution in [0.25, 0.3) is 0 Å². The third-order valence-corrected chi connectivity index (χ3v) is 4.99. The van der Waals surface area contributed by atoms with Crippen molar-refractivity contribution in [2.45, 2.75) is 51.0 Å². The van der Waals surface area contributed by atoms with Crippen LogP contribution in [0.15, 0.2) is 0 Å². The van der Waals surface area contributed by atoms with Crippen molar-refractivity contribution in [2.75, 3.05) is 32.7 Å². The number of carbonyl (C=O) groups is 2. The van der Waals surface area contributed by atoms with Crippen molar-refractivity contribution >= 4 is 11.8 Å². The van der Waals surface area contributed by atoms with Crippen molar-refractivity contribution in [2.24, 2.45) is 5.92 Å². The van der Waals surface area contributed by atoms with Crippen molar-refractivity contribution in [1.29, 1.82) is 0 Å². The second kappa shape index (κ2) is 6.77. The fourth-order valence-corrected chi connectivity index (χ4v) is 3.28. The van der Waals surface area contributed by atoms with E-state index >= 15 is 0 Å². The van der Waals surface area contributed by atoms with Gasteiger partial charge < -0.3 is 15.1 Å². The fraction of sp³-hybridized carbons (Fsp3) is 0.875. The quantitative estimate of drug-likeness (QED) is 0.822. The molecule has 0 aromatic heterocycles. The lowest BCUT2D eigenvalue weighted by Gasteiger charge is -2.34. The molecular formula is C16H27N3O2. The minimum absolute atomic E-state index is 0.130. The van der Waals surface area contributed by atoms with E-state index in [0.29, 0.717) is 19.0 Å². The Bertz CT molecular complexity index is 387. The Balaban J connectivity index is 1.38. The molecule has 0 atom stereocenters. The van der Waals surface area contributed by atoms with Crippen LogP contribution in [-0.2, 0) is 9.59 Å². The first kappa shape index (κ1) is 14.8. The van der Waals surface area contributed by atoms with Gasteiger partial charge in [-0.3, -0.25) is 9.59 Å². The van der Waals surface area contributed by atoms with Crippen LogP contribution >= 0.6 is 0 Å². The molecule has 2 heterocycles. The van der Waals surface area contributed by atoms with Gasteiger partial charge in [0.05, 0.1) is 6.54 Å². The maximum atomic E-state index is 12.3. The van der Waals surface area contributed by atoms with Crippen LogP contribution in [0.3, 0.4) is 0 Å². The fourth-order valence-electron chi connectivity index (χ4n) is 3.28. The highest BCUT2D eigenvalue weighted by molar-refractivity contribution is 5.85. The van der Waals surface area contributed by atoms with Gasteiger partial charge in [-0.05, 0) is 51.0 Å². The van der Waals surface area contributed by atoms with E-state index < -0.39 is 0 Å². The number of amides is 2. The van der Waals surface area contributed by atoms with Crippen molar-refractivity contribution in [3.05, 3.63) is 0 Å². The number of nitrogens with one attached hydrogen (secondary N) is 1. The minimum Gasteiger partial charge on any atom is -0.341 e. The van der Waals surface area contributed by atoms with Crippen LogP contribution in [-0.4, -0.2) is 60.4 Å². The molecule has 118 valence electrons. The zero-order valence-electron chi connectivity index (χ0n) is 12.9. The van der Waals surface area contributed by atoms with Gasteiger partial charge in [0, 0.05) is 32.1 Å². The summed E-state index contributed by atoms with van der Waals surface area (Å²) < 4.78 is 0. The summed E-state index contributed by atoms with van der Waals surface area (Å²) in [4.78, 5) is 27.8. The SMILES string of the molecule is O=C(CN1CCCCC1=O)N1CCC(NCC2CC2)CC1. The average Bonchev–Trinajstić information content (AvgIpc) is 3.32. The van der Waals surface area contributed by atoms with Crippen LogP contribution in [0.5, 0.6) is 0 Å². The van der Waals surface area contributed by atoms with Gasteiger partial charge in [0.1, 0.15) is 0 Å². The molecule has 0 spiro atoms. The summed E-state index contributed by atoms with van der Waals surface area (Å²) >= 11 is 0. The molecule has 0 aromatic rings. The topological polar surface area (TPSA) is 52.7 Å². The molecule has 3 fully saturated rings. The number of rotatable bonds is 5. The number of hydrogen-bond donors (Lipinski definition) is 1.